The zero-order valence-electron chi connectivity index (χ0n) is 13.8. The van der Waals surface area contributed by atoms with Gasteiger partial charge in [0.25, 0.3) is 0 Å². The van der Waals surface area contributed by atoms with Crippen molar-refractivity contribution in [3.05, 3.63) is 29.8 Å². The molecule has 0 N–H and O–H groups in total. The summed E-state index contributed by atoms with van der Waals surface area (Å²) in [7, 11) is -3.28. The largest absolute Gasteiger partial charge is 0.243 e. The third-order valence-corrected chi connectivity index (χ3v) is 6.36. The van der Waals surface area contributed by atoms with Crippen molar-refractivity contribution in [3.63, 3.8) is 0 Å². The predicted molar refractivity (Wildman–Crippen MR) is 91.5 cm³/mol. The molecule has 2 rings (SSSR count). The van der Waals surface area contributed by atoms with Crippen molar-refractivity contribution in [1.82, 2.24) is 4.31 Å². The minimum Gasteiger partial charge on any atom is -0.207 e. The van der Waals surface area contributed by atoms with Crippen molar-refractivity contribution in [2.24, 2.45) is 0 Å². The lowest BCUT2D eigenvalue weighted by molar-refractivity contribution is 0.346. The van der Waals surface area contributed by atoms with E-state index in [2.05, 4.69) is 6.92 Å². The van der Waals surface area contributed by atoms with Gasteiger partial charge in [-0.1, -0.05) is 51.2 Å². The Morgan fingerprint density at radius 1 is 0.909 bits per heavy atom. The fourth-order valence-electron chi connectivity index (χ4n) is 3.02. The summed E-state index contributed by atoms with van der Waals surface area (Å²) in [5, 5.41) is 0. The Balaban J connectivity index is 1.90. The molecular weight excluding hydrogens is 294 g/mol. The van der Waals surface area contributed by atoms with E-state index in [1.54, 1.807) is 16.4 Å². The second-order valence-corrected chi connectivity index (χ2v) is 8.21. The molecule has 1 aromatic rings. The topological polar surface area (TPSA) is 37.4 Å². The van der Waals surface area contributed by atoms with Gasteiger partial charge in [-0.15, -0.1) is 0 Å². The molecule has 1 aliphatic heterocycles. The van der Waals surface area contributed by atoms with E-state index in [4.69, 9.17) is 0 Å². The Bertz CT molecular complexity index is 531. The monoisotopic (exact) mass is 323 g/mol. The highest BCUT2D eigenvalue weighted by Gasteiger charge is 2.25. The smallest absolute Gasteiger partial charge is 0.207 e. The molecule has 1 aromatic carbocycles. The molecule has 0 aliphatic carbocycles. The molecule has 0 radical (unpaired) electrons. The lowest BCUT2D eigenvalue weighted by Gasteiger charge is -2.25. The predicted octanol–water partition coefficient (Wildman–Crippen LogP) is 4.37. The Morgan fingerprint density at radius 3 is 2.18 bits per heavy atom. The van der Waals surface area contributed by atoms with Crippen molar-refractivity contribution in [2.45, 2.75) is 69.6 Å². The van der Waals surface area contributed by atoms with E-state index in [-0.39, 0.29) is 0 Å². The van der Waals surface area contributed by atoms with Gasteiger partial charge in [-0.05, 0) is 43.4 Å². The van der Waals surface area contributed by atoms with Crippen LogP contribution in [-0.2, 0) is 16.4 Å². The maximum Gasteiger partial charge on any atom is 0.243 e. The molecule has 0 bridgehead atoms. The SMILES string of the molecule is CCCCCCCc1ccc(S(=O)(=O)N2CCCCC2)cc1. The Kier molecular flexibility index (Phi) is 6.90. The number of rotatable bonds is 8. The van der Waals surface area contributed by atoms with E-state index in [0.29, 0.717) is 18.0 Å². The zero-order chi connectivity index (χ0) is 15.8. The molecule has 1 aliphatic rings. The first-order valence-corrected chi connectivity index (χ1v) is 10.2. The molecule has 0 saturated carbocycles. The summed E-state index contributed by atoms with van der Waals surface area (Å²) in [5.74, 6) is 0. The highest BCUT2D eigenvalue weighted by Crippen LogP contribution is 2.21. The van der Waals surface area contributed by atoms with Gasteiger partial charge in [0.15, 0.2) is 0 Å². The van der Waals surface area contributed by atoms with Gasteiger partial charge in [0.05, 0.1) is 4.90 Å². The summed E-state index contributed by atoms with van der Waals surface area (Å²) in [6, 6.07) is 7.53. The number of piperidine rings is 1. The molecule has 0 spiro atoms. The number of unbranched alkanes of at least 4 members (excludes halogenated alkanes) is 4. The number of nitrogens with zero attached hydrogens (tertiary/aromatic N) is 1. The summed E-state index contributed by atoms with van der Waals surface area (Å²) in [4.78, 5) is 0.448. The lowest BCUT2D eigenvalue weighted by atomic mass is 10.1. The van der Waals surface area contributed by atoms with Crippen LogP contribution in [0.25, 0.3) is 0 Å². The molecule has 1 fully saturated rings. The van der Waals surface area contributed by atoms with Crippen molar-refractivity contribution < 1.29 is 8.42 Å². The molecule has 0 atom stereocenters. The van der Waals surface area contributed by atoms with Gasteiger partial charge in [-0.25, -0.2) is 8.42 Å². The Labute approximate surface area is 135 Å². The summed E-state index contributed by atoms with van der Waals surface area (Å²) in [6.45, 7) is 3.56. The summed E-state index contributed by atoms with van der Waals surface area (Å²) >= 11 is 0. The first kappa shape index (κ1) is 17.5. The second-order valence-electron chi connectivity index (χ2n) is 6.27. The average Bonchev–Trinajstić information content (AvgIpc) is 2.56. The number of hydrogen-bond donors (Lipinski definition) is 0. The third kappa shape index (κ3) is 4.82. The van der Waals surface area contributed by atoms with E-state index in [0.717, 1.165) is 25.7 Å². The fourth-order valence-corrected chi connectivity index (χ4v) is 4.53. The van der Waals surface area contributed by atoms with Gasteiger partial charge in [0, 0.05) is 13.1 Å². The van der Waals surface area contributed by atoms with Gasteiger partial charge >= 0.3 is 0 Å². The highest BCUT2D eigenvalue weighted by molar-refractivity contribution is 7.89. The summed E-state index contributed by atoms with van der Waals surface area (Å²) in [6.07, 6.45) is 10.5. The van der Waals surface area contributed by atoms with Crippen molar-refractivity contribution in [1.29, 1.82) is 0 Å². The minimum absolute atomic E-state index is 0.448. The molecule has 0 aromatic heterocycles. The van der Waals surface area contributed by atoms with Gasteiger partial charge in [-0.3, -0.25) is 0 Å². The van der Waals surface area contributed by atoms with Crippen molar-refractivity contribution >= 4 is 10.0 Å². The standard InChI is InChI=1S/C18H29NO2S/c1-2-3-4-5-7-10-17-11-13-18(14-12-17)22(20,21)19-15-8-6-9-16-19/h11-14H,2-10,15-16H2,1H3. The molecule has 1 heterocycles. The van der Waals surface area contributed by atoms with Crippen LogP contribution in [-0.4, -0.2) is 25.8 Å². The van der Waals surface area contributed by atoms with Gasteiger partial charge in [0.2, 0.25) is 10.0 Å². The Morgan fingerprint density at radius 2 is 1.55 bits per heavy atom. The van der Waals surface area contributed by atoms with Crippen molar-refractivity contribution in [2.75, 3.05) is 13.1 Å². The van der Waals surface area contributed by atoms with E-state index < -0.39 is 10.0 Å². The highest BCUT2D eigenvalue weighted by atomic mass is 32.2. The summed E-state index contributed by atoms with van der Waals surface area (Å²) < 4.78 is 26.7. The van der Waals surface area contributed by atoms with Crippen molar-refractivity contribution in [3.8, 4) is 0 Å². The van der Waals surface area contributed by atoms with Crippen LogP contribution in [0.15, 0.2) is 29.2 Å². The number of sulfonamides is 1. The normalized spacial score (nSPS) is 16.8. The molecule has 3 nitrogen and oxygen atoms in total. The molecule has 1 saturated heterocycles. The van der Waals surface area contributed by atoms with Crippen LogP contribution in [0, 0.1) is 0 Å². The van der Waals surface area contributed by atoms with E-state index in [9.17, 15) is 8.42 Å². The van der Waals surface area contributed by atoms with Gasteiger partial charge in [0.1, 0.15) is 0 Å². The second kappa shape index (κ2) is 8.68. The third-order valence-electron chi connectivity index (χ3n) is 4.45. The van der Waals surface area contributed by atoms with E-state index in [1.807, 2.05) is 12.1 Å². The molecule has 124 valence electrons. The quantitative estimate of drug-likeness (QED) is 0.666. The molecular formula is C18H29NO2S. The first-order chi connectivity index (χ1) is 10.6. The maximum atomic E-state index is 12.6. The van der Waals surface area contributed by atoms with E-state index in [1.165, 1.54) is 37.7 Å². The fraction of sp³-hybridized carbons (Fsp3) is 0.667. The molecule has 0 unspecified atom stereocenters. The molecule has 22 heavy (non-hydrogen) atoms. The molecule has 0 amide bonds. The van der Waals surface area contributed by atoms with Crippen LogP contribution in [0.1, 0.15) is 63.9 Å². The van der Waals surface area contributed by atoms with Crippen LogP contribution >= 0.6 is 0 Å². The number of hydrogen-bond acceptors (Lipinski definition) is 2. The lowest BCUT2D eigenvalue weighted by Crippen LogP contribution is -2.35. The average molecular weight is 324 g/mol. The van der Waals surface area contributed by atoms with Crippen LogP contribution in [0.3, 0.4) is 0 Å². The minimum atomic E-state index is -3.28. The first-order valence-electron chi connectivity index (χ1n) is 8.73. The van der Waals surface area contributed by atoms with Crippen LogP contribution in [0.2, 0.25) is 0 Å². The number of benzene rings is 1. The Hall–Kier alpha value is -0.870. The van der Waals surface area contributed by atoms with Crippen LogP contribution < -0.4 is 0 Å². The summed E-state index contributed by atoms with van der Waals surface area (Å²) in [5.41, 5.74) is 1.24. The van der Waals surface area contributed by atoms with Gasteiger partial charge < -0.3 is 0 Å². The zero-order valence-corrected chi connectivity index (χ0v) is 14.6. The van der Waals surface area contributed by atoms with E-state index >= 15 is 0 Å². The number of aryl methyl sites for hydroxylation is 1. The maximum absolute atomic E-state index is 12.6. The van der Waals surface area contributed by atoms with Gasteiger partial charge in [-0.2, -0.15) is 4.31 Å². The molecule has 4 heteroatoms. The van der Waals surface area contributed by atoms with Crippen LogP contribution in [0.4, 0.5) is 0 Å². The van der Waals surface area contributed by atoms with Crippen LogP contribution in [0.5, 0.6) is 0 Å².